The second-order valence-corrected chi connectivity index (χ2v) is 4.31. The van der Waals surface area contributed by atoms with Crippen LogP contribution in [0, 0.1) is 6.92 Å². The zero-order valence-corrected chi connectivity index (χ0v) is 10.5. The summed E-state index contributed by atoms with van der Waals surface area (Å²) in [7, 11) is 0. The second kappa shape index (κ2) is 4.68. The average molecular weight is 255 g/mol. The molecule has 0 atom stereocenters. The Labute approximate surface area is 110 Å². The number of aryl methyl sites for hydroxylation is 1. The molecule has 0 bridgehead atoms. The molecule has 0 unspecified atom stereocenters. The monoisotopic (exact) mass is 255 g/mol. The van der Waals surface area contributed by atoms with Crippen LogP contribution in [-0.4, -0.2) is 29.0 Å². The minimum Gasteiger partial charge on any atom is -0.491 e. The van der Waals surface area contributed by atoms with Crippen LogP contribution in [0.3, 0.4) is 0 Å². The number of nitrogens with one attached hydrogen (secondary N) is 1. The first-order valence-electron chi connectivity index (χ1n) is 6.09. The van der Waals surface area contributed by atoms with Crippen molar-refractivity contribution in [2.24, 2.45) is 0 Å². The van der Waals surface area contributed by atoms with Gasteiger partial charge < -0.3 is 10.1 Å². The normalized spacial score (nSPS) is 14.1. The first-order valence-corrected chi connectivity index (χ1v) is 6.09. The van der Waals surface area contributed by atoms with Gasteiger partial charge in [0.25, 0.3) is 5.91 Å². The maximum atomic E-state index is 11.9. The maximum Gasteiger partial charge on any atom is 0.255 e. The lowest BCUT2D eigenvalue weighted by Crippen LogP contribution is -2.24. The van der Waals surface area contributed by atoms with Crippen molar-refractivity contribution >= 4 is 5.91 Å². The van der Waals surface area contributed by atoms with Crippen molar-refractivity contribution in [2.45, 2.75) is 6.92 Å². The highest BCUT2D eigenvalue weighted by molar-refractivity contribution is 5.98. The lowest BCUT2D eigenvalue weighted by Gasteiger charge is -2.08. The van der Waals surface area contributed by atoms with Gasteiger partial charge in [-0.3, -0.25) is 14.8 Å². The summed E-state index contributed by atoms with van der Waals surface area (Å²) in [5, 5.41) is 2.79. The molecule has 19 heavy (non-hydrogen) atoms. The van der Waals surface area contributed by atoms with E-state index < -0.39 is 0 Å². The van der Waals surface area contributed by atoms with Gasteiger partial charge in [0.15, 0.2) is 0 Å². The number of benzene rings is 1. The van der Waals surface area contributed by atoms with E-state index in [-0.39, 0.29) is 5.91 Å². The van der Waals surface area contributed by atoms with Crippen LogP contribution >= 0.6 is 0 Å². The lowest BCUT2D eigenvalue weighted by molar-refractivity contribution is 0.0957. The second-order valence-electron chi connectivity index (χ2n) is 4.31. The first kappa shape index (κ1) is 11.6. The molecular weight excluding hydrogens is 242 g/mol. The van der Waals surface area contributed by atoms with E-state index in [9.17, 15) is 4.79 Å². The highest BCUT2D eigenvalue weighted by atomic mass is 16.5. The Balaban J connectivity index is 2.11. The molecule has 2 aromatic rings. The number of fused-ring (bicyclic) bond motifs is 1. The van der Waals surface area contributed by atoms with Gasteiger partial charge in [0, 0.05) is 18.0 Å². The van der Waals surface area contributed by atoms with Crippen molar-refractivity contribution in [2.75, 3.05) is 13.2 Å². The maximum absolute atomic E-state index is 11.9. The Morgan fingerprint density at radius 1 is 1.26 bits per heavy atom. The van der Waals surface area contributed by atoms with E-state index in [1.54, 1.807) is 18.5 Å². The first-order chi connectivity index (χ1) is 9.25. The van der Waals surface area contributed by atoms with E-state index in [0.29, 0.717) is 24.5 Å². The van der Waals surface area contributed by atoms with E-state index in [4.69, 9.17) is 4.74 Å². The summed E-state index contributed by atoms with van der Waals surface area (Å²) < 4.78 is 5.52. The van der Waals surface area contributed by atoms with Crippen molar-refractivity contribution in [3.8, 4) is 17.0 Å². The van der Waals surface area contributed by atoms with Gasteiger partial charge in [-0.05, 0) is 25.1 Å². The summed E-state index contributed by atoms with van der Waals surface area (Å²) in [6, 6.07) is 5.51. The zero-order chi connectivity index (χ0) is 13.2. The molecule has 1 amide bonds. The molecule has 1 aromatic carbocycles. The van der Waals surface area contributed by atoms with Crippen LogP contribution < -0.4 is 10.1 Å². The Hall–Kier alpha value is -2.43. The molecule has 5 nitrogen and oxygen atoms in total. The Kier molecular flexibility index (Phi) is 2.87. The van der Waals surface area contributed by atoms with Gasteiger partial charge in [-0.15, -0.1) is 0 Å². The molecule has 0 fully saturated rings. The number of hydrogen-bond acceptors (Lipinski definition) is 4. The third kappa shape index (κ3) is 2.14. The average Bonchev–Trinajstić information content (AvgIpc) is 2.61. The topological polar surface area (TPSA) is 64.1 Å². The van der Waals surface area contributed by atoms with Crippen LogP contribution in [0.25, 0.3) is 11.3 Å². The number of carbonyl (C=O) groups is 1. The fraction of sp³-hybridized carbons (Fsp3) is 0.214. The van der Waals surface area contributed by atoms with E-state index in [1.165, 1.54) is 0 Å². The summed E-state index contributed by atoms with van der Waals surface area (Å²) >= 11 is 0. The molecule has 1 aliphatic heterocycles. The zero-order valence-electron chi connectivity index (χ0n) is 10.5. The Bertz CT molecular complexity index is 640. The van der Waals surface area contributed by atoms with E-state index in [2.05, 4.69) is 15.3 Å². The van der Waals surface area contributed by atoms with Gasteiger partial charge in [0.05, 0.1) is 23.5 Å². The molecule has 0 saturated carbocycles. The Morgan fingerprint density at radius 2 is 2.11 bits per heavy atom. The van der Waals surface area contributed by atoms with Crippen LogP contribution in [0.15, 0.2) is 30.6 Å². The van der Waals surface area contributed by atoms with Crippen LogP contribution in [-0.2, 0) is 0 Å². The van der Waals surface area contributed by atoms with Crippen molar-refractivity contribution in [1.82, 2.24) is 15.3 Å². The van der Waals surface area contributed by atoms with Crippen LogP contribution in [0.2, 0.25) is 0 Å². The Morgan fingerprint density at radius 3 is 2.95 bits per heavy atom. The quantitative estimate of drug-likeness (QED) is 0.840. The number of aromatic nitrogens is 2. The van der Waals surface area contributed by atoms with Crippen LogP contribution in [0.4, 0.5) is 0 Å². The molecule has 0 radical (unpaired) electrons. The van der Waals surface area contributed by atoms with Crippen molar-refractivity contribution in [1.29, 1.82) is 0 Å². The molecule has 1 aromatic heterocycles. The smallest absolute Gasteiger partial charge is 0.255 e. The molecule has 0 spiro atoms. The fourth-order valence-electron chi connectivity index (χ4n) is 2.09. The predicted molar refractivity (Wildman–Crippen MR) is 70.0 cm³/mol. The fourth-order valence-corrected chi connectivity index (χ4v) is 2.09. The third-order valence-corrected chi connectivity index (χ3v) is 3.02. The standard InChI is InChI=1S/C14H13N3O2/c1-9-13(16-5-4-15-9)10-2-3-12-11(8-10)14(18)17-6-7-19-12/h2-5,8H,6-7H2,1H3,(H,17,18). The minimum absolute atomic E-state index is 0.115. The molecular formula is C14H13N3O2. The van der Waals surface area contributed by atoms with Gasteiger partial charge in [-0.2, -0.15) is 0 Å². The predicted octanol–water partition coefficient (Wildman–Crippen LogP) is 1.57. The molecule has 5 heteroatoms. The highest BCUT2D eigenvalue weighted by Gasteiger charge is 2.17. The largest absolute Gasteiger partial charge is 0.491 e. The van der Waals surface area contributed by atoms with Gasteiger partial charge in [-0.1, -0.05) is 0 Å². The van der Waals surface area contributed by atoms with Crippen molar-refractivity contribution < 1.29 is 9.53 Å². The van der Waals surface area contributed by atoms with Crippen LogP contribution in [0.5, 0.6) is 5.75 Å². The molecule has 3 rings (SSSR count). The van der Waals surface area contributed by atoms with Crippen LogP contribution in [0.1, 0.15) is 16.1 Å². The molecule has 0 aliphatic carbocycles. The molecule has 0 saturated heterocycles. The summed E-state index contributed by atoms with van der Waals surface area (Å²) in [4.78, 5) is 20.5. The molecule has 2 heterocycles. The summed E-state index contributed by atoms with van der Waals surface area (Å²) in [6.45, 7) is 2.90. The molecule has 96 valence electrons. The van der Waals surface area contributed by atoms with E-state index >= 15 is 0 Å². The SMILES string of the molecule is Cc1nccnc1-c1ccc2c(c1)C(=O)NCCO2. The number of rotatable bonds is 1. The minimum atomic E-state index is -0.115. The van der Waals surface area contributed by atoms with Crippen molar-refractivity contribution in [3.63, 3.8) is 0 Å². The number of hydrogen-bond donors (Lipinski definition) is 1. The number of nitrogens with zero attached hydrogens (tertiary/aromatic N) is 2. The lowest BCUT2D eigenvalue weighted by atomic mass is 10.1. The van der Waals surface area contributed by atoms with Crippen molar-refractivity contribution in [3.05, 3.63) is 41.9 Å². The van der Waals surface area contributed by atoms with Gasteiger partial charge >= 0.3 is 0 Å². The summed E-state index contributed by atoms with van der Waals surface area (Å²) in [5.74, 6) is 0.496. The highest BCUT2D eigenvalue weighted by Crippen LogP contribution is 2.27. The molecule has 1 N–H and O–H groups in total. The van der Waals surface area contributed by atoms with E-state index in [0.717, 1.165) is 17.0 Å². The number of ether oxygens (including phenoxy) is 1. The summed E-state index contributed by atoms with van der Waals surface area (Å²) in [6.07, 6.45) is 3.29. The molecule has 1 aliphatic rings. The van der Waals surface area contributed by atoms with Gasteiger partial charge in [-0.25, -0.2) is 0 Å². The summed E-state index contributed by atoms with van der Waals surface area (Å²) in [5.41, 5.74) is 3.02. The number of amides is 1. The van der Waals surface area contributed by atoms with Gasteiger partial charge in [0.1, 0.15) is 12.4 Å². The van der Waals surface area contributed by atoms with E-state index in [1.807, 2.05) is 19.1 Å². The van der Waals surface area contributed by atoms with Gasteiger partial charge in [0.2, 0.25) is 0 Å². The third-order valence-electron chi connectivity index (χ3n) is 3.02. The number of carbonyl (C=O) groups excluding carboxylic acids is 1.